The first-order chi connectivity index (χ1) is 15.6. The van der Waals surface area contributed by atoms with E-state index in [1.54, 1.807) is 6.07 Å². The van der Waals surface area contributed by atoms with Crippen molar-refractivity contribution >= 4 is 33.8 Å². The summed E-state index contributed by atoms with van der Waals surface area (Å²) in [6.45, 7) is 2.00. The van der Waals surface area contributed by atoms with Gasteiger partial charge in [0.15, 0.2) is 0 Å². The molecule has 0 aliphatic heterocycles. The Balaban J connectivity index is 1.90. The Morgan fingerprint density at radius 2 is 1.59 bits per heavy atom. The molecule has 4 rings (SSSR count). The number of pyridine rings is 1. The van der Waals surface area contributed by atoms with E-state index in [0.717, 1.165) is 11.1 Å². The molecule has 1 aromatic heterocycles. The second-order valence-electron chi connectivity index (χ2n) is 7.29. The molecule has 1 amide bonds. The summed E-state index contributed by atoms with van der Waals surface area (Å²) in [4.78, 5) is 18.3. The molecule has 7 heteroatoms. The van der Waals surface area contributed by atoms with Crippen molar-refractivity contribution in [2.75, 3.05) is 4.72 Å². The third-order valence-corrected chi connectivity index (χ3v) is 5.65. The maximum absolute atomic E-state index is 13.6. The fourth-order valence-electron chi connectivity index (χ4n) is 3.78. The van der Waals surface area contributed by atoms with Crippen molar-refractivity contribution in [3.8, 4) is 11.3 Å². The molecular formula is C25H23N3O3S. The third kappa shape index (κ3) is 4.54. The van der Waals surface area contributed by atoms with Crippen LogP contribution in [0.4, 0.5) is 5.69 Å². The highest BCUT2D eigenvalue weighted by Gasteiger charge is 2.24. The van der Waals surface area contributed by atoms with Gasteiger partial charge in [-0.1, -0.05) is 85.8 Å². The minimum Gasteiger partial charge on any atom is -0.345 e. The molecule has 1 unspecified atom stereocenters. The van der Waals surface area contributed by atoms with E-state index in [-0.39, 0.29) is 23.2 Å². The van der Waals surface area contributed by atoms with Crippen LogP contribution in [0.1, 0.15) is 35.3 Å². The van der Waals surface area contributed by atoms with E-state index in [2.05, 4.69) is 10.0 Å². The molecule has 0 saturated carbocycles. The lowest BCUT2D eigenvalue weighted by Gasteiger charge is -2.21. The van der Waals surface area contributed by atoms with Crippen LogP contribution in [0.25, 0.3) is 22.2 Å². The lowest BCUT2D eigenvalue weighted by molar-refractivity contribution is 0.0938. The molecule has 1 heterocycles. The van der Waals surface area contributed by atoms with Gasteiger partial charge in [-0.25, -0.2) is 9.19 Å². The number of hydrogen-bond donors (Lipinski definition) is 3. The highest BCUT2D eigenvalue weighted by molar-refractivity contribution is 7.80. The van der Waals surface area contributed by atoms with Crippen molar-refractivity contribution in [2.45, 2.75) is 19.4 Å². The smallest absolute Gasteiger partial charge is 0.259 e. The van der Waals surface area contributed by atoms with Gasteiger partial charge in [-0.15, -0.1) is 0 Å². The lowest BCUT2D eigenvalue weighted by Crippen LogP contribution is -2.29. The molecule has 162 valence electrons. The number of fused-ring (bicyclic) bond motifs is 1. The second-order valence-corrected chi connectivity index (χ2v) is 7.99. The fraction of sp³-hybridized carbons (Fsp3) is 0.120. The highest BCUT2D eigenvalue weighted by atomic mass is 32.2. The number of nitrogens with one attached hydrogen (secondary N) is 2. The lowest BCUT2D eigenvalue weighted by atomic mass is 9.99. The van der Waals surface area contributed by atoms with E-state index in [9.17, 15) is 13.6 Å². The van der Waals surface area contributed by atoms with Crippen molar-refractivity contribution in [1.29, 1.82) is 0 Å². The summed E-state index contributed by atoms with van der Waals surface area (Å²) in [6.07, 6.45) is 0.693. The maximum atomic E-state index is 13.6. The van der Waals surface area contributed by atoms with Gasteiger partial charge in [0, 0.05) is 10.9 Å². The summed E-state index contributed by atoms with van der Waals surface area (Å²) in [5.41, 5.74) is 3.28. The zero-order valence-corrected chi connectivity index (χ0v) is 18.3. The average Bonchev–Trinajstić information content (AvgIpc) is 2.82. The summed E-state index contributed by atoms with van der Waals surface area (Å²) >= 11 is -2.39. The van der Waals surface area contributed by atoms with Gasteiger partial charge in [0.2, 0.25) is 0 Å². The average molecular weight is 446 g/mol. The van der Waals surface area contributed by atoms with E-state index in [0.29, 0.717) is 23.0 Å². The molecule has 0 aliphatic rings. The Morgan fingerprint density at radius 3 is 2.25 bits per heavy atom. The topological polar surface area (TPSA) is 91.3 Å². The van der Waals surface area contributed by atoms with Crippen LogP contribution in [-0.4, -0.2) is 19.7 Å². The Labute approximate surface area is 189 Å². The molecule has 4 aromatic rings. The zero-order valence-electron chi connectivity index (χ0n) is 17.5. The first-order valence-electron chi connectivity index (χ1n) is 10.3. The first-order valence-corrected chi connectivity index (χ1v) is 11.4. The monoisotopic (exact) mass is 445 g/mol. The number of anilines is 1. The predicted molar refractivity (Wildman–Crippen MR) is 129 cm³/mol. The Kier molecular flexibility index (Phi) is 6.58. The second kappa shape index (κ2) is 9.72. The van der Waals surface area contributed by atoms with Crippen LogP contribution in [0, 0.1) is 0 Å². The van der Waals surface area contributed by atoms with Crippen LogP contribution in [0.5, 0.6) is 0 Å². The SMILES string of the molecule is CC[C@H](NC(=O)c1c(NS(=O)O)c(-c2ccccc2)nc2ccccc12)c1ccccc1. The minimum atomic E-state index is -2.39. The Bertz CT molecular complexity index is 1260. The van der Waals surface area contributed by atoms with Gasteiger partial charge in [0.1, 0.15) is 0 Å². The largest absolute Gasteiger partial charge is 0.345 e. The Morgan fingerprint density at radius 1 is 0.969 bits per heavy atom. The van der Waals surface area contributed by atoms with Crippen molar-refractivity contribution in [3.05, 3.63) is 96.1 Å². The minimum absolute atomic E-state index is 0.205. The molecule has 0 radical (unpaired) electrons. The molecule has 0 spiro atoms. The molecule has 2 atom stereocenters. The van der Waals surface area contributed by atoms with Gasteiger partial charge in [-0.3, -0.25) is 14.1 Å². The number of benzene rings is 3. The van der Waals surface area contributed by atoms with E-state index in [1.165, 1.54) is 0 Å². The van der Waals surface area contributed by atoms with Crippen LogP contribution in [0.2, 0.25) is 0 Å². The number of carbonyl (C=O) groups excluding carboxylic acids is 1. The van der Waals surface area contributed by atoms with Gasteiger partial charge in [-0.2, -0.15) is 0 Å². The van der Waals surface area contributed by atoms with E-state index < -0.39 is 11.3 Å². The van der Waals surface area contributed by atoms with E-state index in [1.807, 2.05) is 85.8 Å². The number of carbonyl (C=O) groups is 1. The molecular weight excluding hydrogens is 422 g/mol. The van der Waals surface area contributed by atoms with Crippen LogP contribution in [-0.2, 0) is 11.3 Å². The van der Waals surface area contributed by atoms with Crippen LogP contribution in [0.15, 0.2) is 84.9 Å². The zero-order chi connectivity index (χ0) is 22.5. The molecule has 3 N–H and O–H groups in total. The standard InChI is InChI=1S/C25H23N3O3S/c1-2-20(17-11-5-3-6-12-17)27-25(29)22-19-15-9-10-16-21(19)26-23(24(22)28-32(30)31)18-13-7-4-8-14-18/h3-16,20,28H,2H2,1H3,(H,27,29)(H,30,31)/t20-/m0/s1. The molecule has 6 nitrogen and oxygen atoms in total. The van der Waals surface area contributed by atoms with Crippen LogP contribution < -0.4 is 10.0 Å². The molecule has 0 saturated heterocycles. The summed E-state index contributed by atoms with van der Waals surface area (Å²) in [7, 11) is 0. The molecule has 0 aliphatic carbocycles. The summed E-state index contributed by atoms with van der Waals surface area (Å²) < 4.78 is 24.0. The van der Waals surface area contributed by atoms with Gasteiger partial charge in [0.25, 0.3) is 17.2 Å². The number of para-hydroxylation sites is 1. The van der Waals surface area contributed by atoms with E-state index in [4.69, 9.17) is 4.98 Å². The van der Waals surface area contributed by atoms with Crippen LogP contribution in [0.3, 0.4) is 0 Å². The first kappa shape index (κ1) is 21.7. The maximum Gasteiger partial charge on any atom is 0.259 e. The summed E-state index contributed by atoms with van der Waals surface area (Å²) in [6, 6.07) is 26.1. The number of nitrogens with zero attached hydrogens (tertiary/aromatic N) is 1. The molecule has 0 fully saturated rings. The predicted octanol–water partition coefficient (Wildman–Crippen LogP) is 5.33. The number of amides is 1. The fourth-order valence-corrected chi connectivity index (χ4v) is 4.15. The van der Waals surface area contributed by atoms with Crippen molar-refractivity contribution < 1.29 is 13.6 Å². The normalized spacial score (nSPS) is 12.8. The van der Waals surface area contributed by atoms with Crippen LogP contribution >= 0.6 is 0 Å². The van der Waals surface area contributed by atoms with Gasteiger partial charge >= 0.3 is 0 Å². The molecule has 0 bridgehead atoms. The molecule has 3 aromatic carbocycles. The van der Waals surface area contributed by atoms with Crippen molar-refractivity contribution in [1.82, 2.24) is 10.3 Å². The highest BCUT2D eigenvalue weighted by Crippen LogP contribution is 2.35. The van der Waals surface area contributed by atoms with Crippen molar-refractivity contribution in [2.24, 2.45) is 0 Å². The molecule has 32 heavy (non-hydrogen) atoms. The Hall–Kier alpha value is -3.55. The summed E-state index contributed by atoms with van der Waals surface area (Å²) in [5.74, 6) is -0.343. The van der Waals surface area contributed by atoms with Crippen molar-refractivity contribution in [3.63, 3.8) is 0 Å². The number of hydrogen-bond acceptors (Lipinski definition) is 3. The number of aromatic nitrogens is 1. The van der Waals surface area contributed by atoms with E-state index >= 15 is 0 Å². The van der Waals surface area contributed by atoms with Gasteiger partial charge in [0.05, 0.1) is 28.5 Å². The summed E-state index contributed by atoms with van der Waals surface area (Å²) in [5, 5.41) is 3.69. The third-order valence-electron chi connectivity index (χ3n) is 5.27. The van der Waals surface area contributed by atoms with Gasteiger partial charge < -0.3 is 5.32 Å². The van der Waals surface area contributed by atoms with Gasteiger partial charge in [-0.05, 0) is 18.1 Å². The number of rotatable bonds is 7. The quantitative estimate of drug-likeness (QED) is 0.335.